The number of aliphatic hydroxyl groups excluding tert-OH is 1. The number of halogens is 1. The van der Waals surface area contributed by atoms with Crippen molar-refractivity contribution in [2.24, 2.45) is 0 Å². The molecule has 0 aliphatic carbocycles. The summed E-state index contributed by atoms with van der Waals surface area (Å²) < 4.78 is 1.05. The third kappa shape index (κ3) is 3.48. The molecule has 1 aromatic carbocycles. The van der Waals surface area contributed by atoms with Crippen LogP contribution in [0.15, 0.2) is 52.1 Å². The van der Waals surface area contributed by atoms with Crippen molar-refractivity contribution in [3.8, 4) is 0 Å². The molecule has 0 radical (unpaired) electrons. The fourth-order valence-corrected chi connectivity index (χ4v) is 2.61. The topological polar surface area (TPSA) is 59.1 Å². The van der Waals surface area contributed by atoms with Gasteiger partial charge in [0, 0.05) is 38.8 Å². The van der Waals surface area contributed by atoms with E-state index in [0.29, 0.717) is 17.0 Å². The standard InChI is InChI=1S/C13H13BrN2OS/c14-9-1-3-10(4-2-9)18-8-13(17)11-7-16-6-5-12(11)15/h1-7,13,17H,8H2,(H2,15,16). The van der Waals surface area contributed by atoms with E-state index in [9.17, 15) is 5.11 Å². The van der Waals surface area contributed by atoms with Gasteiger partial charge in [-0.05, 0) is 30.3 Å². The maximum Gasteiger partial charge on any atom is 0.0918 e. The number of thioether (sulfide) groups is 1. The number of pyridine rings is 1. The SMILES string of the molecule is Nc1ccncc1C(O)CSc1ccc(Br)cc1. The minimum Gasteiger partial charge on any atom is -0.398 e. The van der Waals surface area contributed by atoms with Crippen LogP contribution in [0.5, 0.6) is 0 Å². The maximum atomic E-state index is 10.1. The molecule has 94 valence electrons. The van der Waals surface area contributed by atoms with E-state index >= 15 is 0 Å². The summed E-state index contributed by atoms with van der Waals surface area (Å²) in [6.45, 7) is 0. The average Bonchev–Trinajstić information content (AvgIpc) is 2.38. The van der Waals surface area contributed by atoms with Crippen LogP contribution >= 0.6 is 27.7 Å². The minimum atomic E-state index is -0.604. The molecule has 0 spiro atoms. The van der Waals surface area contributed by atoms with Crippen LogP contribution in [0.25, 0.3) is 0 Å². The lowest BCUT2D eigenvalue weighted by atomic mass is 10.1. The van der Waals surface area contributed by atoms with E-state index in [1.54, 1.807) is 30.2 Å². The third-order valence-electron chi connectivity index (χ3n) is 2.47. The monoisotopic (exact) mass is 324 g/mol. The Balaban J connectivity index is 1.98. The van der Waals surface area contributed by atoms with Gasteiger partial charge in [0.1, 0.15) is 0 Å². The first-order valence-electron chi connectivity index (χ1n) is 5.42. The number of nitrogens with zero attached hydrogens (tertiary/aromatic N) is 1. The zero-order chi connectivity index (χ0) is 13.0. The normalized spacial score (nSPS) is 12.3. The van der Waals surface area contributed by atoms with Crippen molar-refractivity contribution in [3.63, 3.8) is 0 Å². The number of nitrogens with two attached hydrogens (primary N) is 1. The van der Waals surface area contributed by atoms with E-state index in [0.717, 1.165) is 9.37 Å². The van der Waals surface area contributed by atoms with Crippen LogP contribution < -0.4 is 5.73 Å². The number of hydrogen-bond acceptors (Lipinski definition) is 4. The van der Waals surface area contributed by atoms with Gasteiger partial charge >= 0.3 is 0 Å². The Hall–Kier alpha value is -1.04. The van der Waals surface area contributed by atoms with Crippen LogP contribution in [0.4, 0.5) is 5.69 Å². The van der Waals surface area contributed by atoms with Gasteiger partial charge in [-0.25, -0.2) is 0 Å². The van der Waals surface area contributed by atoms with E-state index in [4.69, 9.17) is 5.73 Å². The molecule has 3 N–H and O–H groups in total. The first-order chi connectivity index (χ1) is 8.66. The Morgan fingerprint density at radius 1 is 1.28 bits per heavy atom. The van der Waals surface area contributed by atoms with E-state index in [1.165, 1.54) is 0 Å². The zero-order valence-electron chi connectivity index (χ0n) is 9.58. The predicted octanol–water partition coefficient (Wildman–Crippen LogP) is 3.25. The summed E-state index contributed by atoms with van der Waals surface area (Å²) in [6, 6.07) is 9.67. The van der Waals surface area contributed by atoms with Gasteiger partial charge in [0.15, 0.2) is 0 Å². The second kappa shape index (κ2) is 6.22. The molecule has 0 aliphatic heterocycles. The molecule has 0 saturated carbocycles. The lowest BCUT2D eigenvalue weighted by Gasteiger charge is -2.12. The molecule has 2 rings (SSSR count). The highest BCUT2D eigenvalue weighted by molar-refractivity contribution is 9.10. The van der Waals surface area contributed by atoms with Gasteiger partial charge in [0.2, 0.25) is 0 Å². The summed E-state index contributed by atoms with van der Waals surface area (Å²) in [7, 11) is 0. The van der Waals surface area contributed by atoms with Crippen molar-refractivity contribution in [3.05, 3.63) is 52.8 Å². The Kier molecular flexibility index (Phi) is 4.63. The number of aromatic nitrogens is 1. The number of benzene rings is 1. The molecule has 0 amide bonds. The molecule has 0 fully saturated rings. The molecule has 0 bridgehead atoms. The van der Waals surface area contributed by atoms with Crippen molar-refractivity contribution < 1.29 is 5.11 Å². The quantitative estimate of drug-likeness (QED) is 0.847. The molecule has 18 heavy (non-hydrogen) atoms. The van der Waals surface area contributed by atoms with Crippen molar-refractivity contribution in [2.75, 3.05) is 11.5 Å². The van der Waals surface area contributed by atoms with Crippen molar-refractivity contribution in [2.45, 2.75) is 11.0 Å². The largest absolute Gasteiger partial charge is 0.398 e. The third-order valence-corrected chi connectivity index (χ3v) is 4.08. The Labute approximate surface area is 119 Å². The molecule has 1 aromatic heterocycles. The van der Waals surface area contributed by atoms with Crippen molar-refractivity contribution in [1.82, 2.24) is 4.98 Å². The van der Waals surface area contributed by atoms with E-state index in [-0.39, 0.29) is 0 Å². The Morgan fingerprint density at radius 3 is 2.67 bits per heavy atom. The van der Waals surface area contributed by atoms with Gasteiger partial charge in [0.05, 0.1) is 6.10 Å². The fourth-order valence-electron chi connectivity index (χ4n) is 1.49. The van der Waals surface area contributed by atoms with Crippen LogP contribution in [0, 0.1) is 0 Å². The van der Waals surface area contributed by atoms with Crippen LogP contribution in [0.3, 0.4) is 0 Å². The lowest BCUT2D eigenvalue weighted by Crippen LogP contribution is -2.05. The summed E-state index contributed by atoms with van der Waals surface area (Å²) in [6.07, 6.45) is 2.63. The summed E-state index contributed by atoms with van der Waals surface area (Å²) in [5, 5.41) is 10.1. The van der Waals surface area contributed by atoms with Gasteiger partial charge in [-0.15, -0.1) is 11.8 Å². The second-order valence-electron chi connectivity index (χ2n) is 3.79. The second-order valence-corrected chi connectivity index (χ2v) is 5.79. The average molecular weight is 325 g/mol. The highest BCUT2D eigenvalue weighted by Crippen LogP contribution is 2.27. The number of hydrogen-bond donors (Lipinski definition) is 2. The molecule has 1 unspecified atom stereocenters. The number of aliphatic hydroxyl groups is 1. The molecule has 2 aromatic rings. The summed E-state index contributed by atoms with van der Waals surface area (Å²) >= 11 is 4.97. The Bertz CT molecular complexity index is 519. The summed E-state index contributed by atoms with van der Waals surface area (Å²) in [5.41, 5.74) is 7.06. The molecular formula is C13H13BrN2OS. The molecular weight excluding hydrogens is 312 g/mol. The van der Waals surface area contributed by atoms with Crippen molar-refractivity contribution >= 4 is 33.4 Å². The van der Waals surface area contributed by atoms with Gasteiger partial charge in [-0.1, -0.05) is 15.9 Å². The Morgan fingerprint density at radius 2 is 2.00 bits per heavy atom. The van der Waals surface area contributed by atoms with E-state index < -0.39 is 6.10 Å². The van der Waals surface area contributed by atoms with Gasteiger partial charge in [-0.2, -0.15) is 0 Å². The molecule has 3 nitrogen and oxygen atoms in total. The van der Waals surface area contributed by atoms with Crippen LogP contribution in [-0.4, -0.2) is 15.8 Å². The summed E-state index contributed by atoms with van der Waals surface area (Å²) in [4.78, 5) is 5.09. The predicted molar refractivity (Wildman–Crippen MR) is 78.5 cm³/mol. The maximum absolute atomic E-state index is 10.1. The van der Waals surface area contributed by atoms with Gasteiger partial charge in [0.25, 0.3) is 0 Å². The van der Waals surface area contributed by atoms with E-state index in [2.05, 4.69) is 20.9 Å². The van der Waals surface area contributed by atoms with Crippen LogP contribution in [0.2, 0.25) is 0 Å². The molecule has 0 aliphatic rings. The van der Waals surface area contributed by atoms with Gasteiger partial charge < -0.3 is 10.8 Å². The lowest BCUT2D eigenvalue weighted by molar-refractivity contribution is 0.204. The smallest absolute Gasteiger partial charge is 0.0918 e. The van der Waals surface area contributed by atoms with Crippen LogP contribution in [-0.2, 0) is 0 Å². The molecule has 1 heterocycles. The fraction of sp³-hybridized carbons (Fsp3) is 0.154. The first-order valence-corrected chi connectivity index (χ1v) is 7.20. The zero-order valence-corrected chi connectivity index (χ0v) is 12.0. The number of nitrogen functional groups attached to an aromatic ring is 1. The molecule has 5 heteroatoms. The highest BCUT2D eigenvalue weighted by atomic mass is 79.9. The number of anilines is 1. The van der Waals surface area contributed by atoms with E-state index in [1.807, 2.05) is 24.3 Å². The first kappa shape index (κ1) is 13.4. The van der Waals surface area contributed by atoms with Crippen LogP contribution in [0.1, 0.15) is 11.7 Å². The van der Waals surface area contributed by atoms with Gasteiger partial charge in [-0.3, -0.25) is 4.98 Å². The summed E-state index contributed by atoms with van der Waals surface area (Å²) in [5.74, 6) is 0.553. The van der Waals surface area contributed by atoms with Crippen molar-refractivity contribution in [1.29, 1.82) is 0 Å². The number of rotatable bonds is 4. The minimum absolute atomic E-state index is 0.553. The molecule has 0 saturated heterocycles. The highest BCUT2D eigenvalue weighted by Gasteiger charge is 2.11. The molecule has 1 atom stereocenters.